The standard InChI is InChI=1S/C26H29ClF3N5/c1-18-16-32-35(25(18)26(28,29)30)22-3-2-12-34(17-22)24-15-20(27)6-9-23(24)19-4-7-21(8-5-19)33-13-10-31-11-14-33/h4-9,15-16,22,31H,2-3,10-14,17H2,1H3. The lowest BCUT2D eigenvalue weighted by molar-refractivity contribution is -0.145. The fraction of sp³-hybridized carbons (Fsp3) is 0.423. The van der Waals surface area contributed by atoms with E-state index >= 15 is 0 Å². The highest BCUT2D eigenvalue weighted by Gasteiger charge is 2.39. The number of piperazine rings is 1. The van der Waals surface area contributed by atoms with Crippen LogP contribution in [0.1, 0.15) is 30.1 Å². The van der Waals surface area contributed by atoms with Crippen molar-refractivity contribution >= 4 is 23.0 Å². The third-order valence-corrected chi connectivity index (χ3v) is 7.19. The first-order chi connectivity index (χ1) is 16.8. The lowest BCUT2D eigenvalue weighted by Gasteiger charge is -2.36. The monoisotopic (exact) mass is 503 g/mol. The molecule has 2 aliphatic heterocycles. The lowest BCUT2D eigenvalue weighted by Crippen LogP contribution is -2.43. The van der Waals surface area contributed by atoms with Gasteiger partial charge < -0.3 is 15.1 Å². The molecular formula is C26H29ClF3N5. The van der Waals surface area contributed by atoms with Gasteiger partial charge in [-0.05, 0) is 55.2 Å². The molecule has 0 radical (unpaired) electrons. The molecule has 2 aromatic carbocycles. The molecule has 3 aromatic rings. The maximum atomic E-state index is 13.7. The molecule has 1 unspecified atom stereocenters. The molecule has 0 saturated carbocycles. The number of anilines is 2. The third-order valence-electron chi connectivity index (χ3n) is 6.95. The zero-order valence-corrected chi connectivity index (χ0v) is 20.4. The largest absolute Gasteiger partial charge is 0.433 e. The molecule has 1 aromatic heterocycles. The Labute approximate surface area is 208 Å². The fourth-order valence-corrected chi connectivity index (χ4v) is 5.40. The summed E-state index contributed by atoms with van der Waals surface area (Å²) < 4.78 is 42.3. The second-order valence-electron chi connectivity index (χ2n) is 9.31. The summed E-state index contributed by atoms with van der Waals surface area (Å²) in [4.78, 5) is 4.51. The van der Waals surface area contributed by atoms with E-state index in [1.165, 1.54) is 23.5 Å². The molecule has 1 atom stereocenters. The van der Waals surface area contributed by atoms with Crippen molar-refractivity contribution in [1.82, 2.24) is 15.1 Å². The van der Waals surface area contributed by atoms with E-state index in [4.69, 9.17) is 11.6 Å². The SMILES string of the molecule is Cc1cnn(C2CCCN(c3cc(Cl)ccc3-c3ccc(N4CCNCC4)cc3)C2)c1C(F)(F)F. The van der Waals surface area contributed by atoms with Crippen molar-refractivity contribution in [2.75, 3.05) is 49.1 Å². The molecule has 35 heavy (non-hydrogen) atoms. The second-order valence-corrected chi connectivity index (χ2v) is 9.74. The Hall–Kier alpha value is -2.71. The summed E-state index contributed by atoms with van der Waals surface area (Å²) in [6.45, 7) is 6.57. The van der Waals surface area contributed by atoms with Gasteiger partial charge in [0.1, 0.15) is 5.69 Å². The van der Waals surface area contributed by atoms with Crippen LogP contribution in [0.3, 0.4) is 0 Å². The number of hydrogen-bond acceptors (Lipinski definition) is 4. The van der Waals surface area contributed by atoms with Crippen LogP contribution in [0.5, 0.6) is 0 Å². The van der Waals surface area contributed by atoms with Crippen molar-refractivity contribution in [3.8, 4) is 11.1 Å². The van der Waals surface area contributed by atoms with Crippen molar-refractivity contribution in [3.05, 3.63) is 64.9 Å². The zero-order valence-electron chi connectivity index (χ0n) is 19.7. The lowest BCUT2D eigenvalue weighted by atomic mass is 9.99. The van der Waals surface area contributed by atoms with Gasteiger partial charge >= 0.3 is 6.18 Å². The van der Waals surface area contributed by atoms with Crippen LogP contribution < -0.4 is 15.1 Å². The maximum Gasteiger partial charge on any atom is 0.433 e. The Morgan fingerprint density at radius 1 is 1.00 bits per heavy atom. The van der Waals surface area contributed by atoms with Gasteiger partial charge in [-0.25, -0.2) is 0 Å². The average Bonchev–Trinajstić information content (AvgIpc) is 3.27. The van der Waals surface area contributed by atoms with Crippen LogP contribution >= 0.6 is 11.6 Å². The van der Waals surface area contributed by atoms with Gasteiger partial charge in [-0.2, -0.15) is 18.3 Å². The Morgan fingerprint density at radius 2 is 1.74 bits per heavy atom. The third kappa shape index (κ3) is 5.00. The van der Waals surface area contributed by atoms with Gasteiger partial charge in [-0.3, -0.25) is 4.68 Å². The second kappa shape index (κ2) is 9.74. The highest BCUT2D eigenvalue weighted by Crippen LogP contribution is 2.39. The molecule has 9 heteroatoms. The van der Waals surface area contributed by atoms with Gasteiger partial charge in [-0.1, -0.05) is 29.8 Å². The summed E-state index contributed by atoms with van der Waals surface area (Å²) in [5.41, 5.74) is 3.71. The highest BCUT2D eigenvalue weighted by molar-refractivity contribution is 6.31. The summed E-state index contributed by atoms with van der Waals surface area (Å²) in [6.07, 6.45) is -1.70. The Kier molecular flexibility index (Phi) is 6.68. The summed E-state index contributed by atoms with van der Waals surface area (Å²) in [5, 5.41) is 8.10. The molecule has 2 saturated heterocycles. The molecule has 2 fully saturated rings. The quantitative estimate of drug-likeness (QED) is 0.489. The van der Waals surface area contributed by atoms with Crippen LogP contribution in [0.15, 0.2) is 48.7 Å². The zero-order chi connectivity index (χ0) is 24.6. The van der Waals surface area contributed by atoms with Gasteiger partial charge in [0.2, 0.25) is 0 Å². The van der Waals surface area contributed by atoms with Crippen LogP contribution in [0, 0.1) is 6.92 Å². The molecule has 2 aliphatic rings. The van der Waals surface area contributed by atoms with E-state index in [0.29, 0.717) is 18.0 Å². The van der Waals surface area contributed by atoms with Crippen molar-refractivity contribution < 1.29 is 13.2 Å². The van der Waals surface area contributed by atoms with Gasteiger partial charge in [0.05, 0.1) is 12.2 Å². The first kappa shape index (κ1) is 24.0. The minimum Gasteiger partial charge on any atom is -0.369 e. The molecule has 5 nitrogen and oxygen atoms in total. The molecule has 5 rings (SSSR count). The van der Waals surface area contributed by atoms with Crippen molar-refractivity contribution in [1.29, 1.82) is 0 Å². The number of rotatable bonds is 4. The van der Waals surface area contributed by atoms with E-state index < -0.39 is 11.9 Å². The summed E-state index contributed by atoms with van der Waals surface area (Å²) in [6, 6.07) is 13.9. The van der Waals surface area contributed by atoms with Gasteiger partial charge in [0, 0.05) is 61.2 Å². The fourth-order valence-electron chi connectivity index (χ4n) is 5.24. The summed E-state index contributed by atoms with van der Waals surface area (Å²) in [7, 11) is 0. The summed E-state index contributed by atoms with van der Waals surface area (Å²) in [5.74, 6) is 0. The molecule has 186 valence electrons. The van der Waals surface area contributed by atoms with E-state index in [1.807, 2.05) is 18.2 Å². The molecule has 1 N–H and O–H groups in total. The normalized spacial score (nSPS) is 19.3. The number of halogens is 4. The Morgan fingerprint density at radius 3 is 2.46 bits per heavy atom. The van der Waals surface area contributed by atoms with Crippen LogP contribution in [-0.2, 0) is 6.18 Å². The minimum absolute atomic E-state index is 0.155. The van der Waals surface area contributed by atoms with Crippen LogP contribution in [0.2, 0.25) is 5.02 Å². The van der Waals surface area contributed by atoms with Crippen LogP contribution in [-0.4, -0.2) is 49.0 Å². The van der Waals surface area contributed by atoms with E-state index in [2.05, 4.69) is 44.5 Å². The average molecular weight is 504 g/mol. The van der Waals surface area contributed by atoms with Gasteiger partial charge in [0.25, 0.3) is 0 Å². The number of nitrogens with zero attached hydrogens (tertiary/aromatic N) is 4. The van der Waals surface area contributed by atoms with Crippen molar-refractivity contribution in [2.45, 2.75) is 32.0 Å². The molecule has 3 heterocycles. The van der Waals surface area contributed by atoms with E-state index in [0.717, 1.165) is 56.0 Å². The molecule has 0 spiro atoms. The number of benzene rings is 2. The van der Waals surface area contributed by atoms with Crippen LogP contribution in [0.4, 0.5) is 24.5 Å². The van der Waals surface area contributed by atoms with Gasteiger partial charge in [0.15, 0.2) is 0 Å². The Balaban J connectivity index is 1.43. The highest BCUT2D eigenvalue weighted by atomic mass is 35.5. The van der Waals surface area contributed by atoms with Gasteiger partial charge in [-0.15, -0.1) is 0 Å². The number of hydrogen-bond donors (Lipinski definition) is 1. The molecular weight excluding hydrogens is 475 g/mol. The first-order valence-electron chi connectivity index (χ1n) is 12.0. The first-order valence-corrected chi connectivity index (χ1v) is 12.4. The topological polar surface area (TPSA) is 36.3 Å². The predicted molar refractivity (Wildman–Crippen MR) is 134 cm³/mol. The predicted octanol–water partition coefficient (Wildman–Crippen LogP) is 5.78. The molecule has 0 bridgehead atoms. The Bertz CT molecular complexity index is 1170. The van der Waals surface area contributed by atoms with E-state index in [9.17, 15) is 13.2 Å². The minimum atomic E-state index is -4.43. The smallest absolute Gasteiger partial charge is 0.369 e. The molecule has 0 aliphatic carbocycles. The van der Waals surface area contributed by atoms with E-state index in [1.54, 1.807) is 0 Å². The number of alkyl halides is 3. The number of aryl methyl sites for hydroxylation is 1. The number of nitrogens with one attached hydrogen (secondary N) is 1. The number of piperidine rings is 1. The van der Waals surface area contributed by atoms with Crippen LogP contribution in [0.25, 0.3) is 11.1 Å². The van der Waals surface area contributed by atoms with E-state index in [-0.39, 0.29) is 11.6 Å². The summed E-state index contributed by atoms with van der Waals surface area (Å²) >= 11 is 6.39. The maximum absolute atomic E-state index is 13.7. The van der Waals surface area contributed by atoms with Crippen molar-refractivity contribution in [2.24, 2.45) is 0 Å². The van der Waals surface area contributed by atoms with Crippen molar-refractivity contribution in [3.63, 3.8) is 0 Å². The molecule has 0 amide bonds. The number of aromatic nitrogens is 2.